The zero-order valence-electron chi connectivity index (χ0n) is 16.3. The first-order valence-electron chi connectivity index (χ1n) is 9.82. The highest BCUT2D eigenvalue weighted by Crippen LogP contribution is 2.45. The van der Waals surface area contributed by atoms with Crippen molar-refractivity contribution in [2.75, 3.05) is 19.8 Å². The van der Waals surface area contributed by atoms with Gasteiger partial charge in [0.15, 0.2) is 0 Å². The number of hydrogen-bond acceptors (Lipinski definition) is 4. The maximum atomic E-state index is 13.1. The molecular weight excluding hydrogens is 380 g/mol. The van der Waals surface area contributed by atoms with Crippen molar-refractivity contribution >= 4 is 5.97 Å². The summed E-state index contributed by atoms with van der Waals surface area (Å²) in [6.07, 6.45) is 5.28. The summed E-state index contributed by atoms with van der Waals surface area (Å²) in [5.41, 5.74) is -0.901. The summed E-state index contributed by atoms with van der Waals surface area (Å²) in [6.45, 7) is 2.64. The average molecular weight is 410 g/mol. The second kappa shape index (κ2) is 9.11. The Kier molecular flexibility index (Phi) is 7.53. The van der Waals surface area contributed by atoms with Gasteiger partial charge in [-0.3, -0.25) is 0 Å². The molecule has 0 aliphatic heterocycles. The predicted octanol–water partition coefficient (Wildman–Crippen LogP) is 4.50. The van der Waals surface area contributed by atoms with Crippen LogP contribution in [0.1, 0.15) is 58.3 Å². The Morgan fingerprint density at radius 1 is 1.18 bits per heavy atom. The van der Waals surface area contributed by atoms with Crippen molar-refractivity contribution in [1.29, 1.82) is 0 Å². The van der Waals surface area contributed by atoms with E-state index in [0.717, 1.165) is 25.7 Å². The number of halogens is 4. The molecule has 0 saturated heterocycles. The Hall–Kier alpha value is -1.15. The molecule has 2 fully saturated rings. The summed E-state index contributed by atoms with van der Waals surface area (Å²) >= 11 is 0. The minimum absolute atomic E-state index is 0.0356. The van der Waals surface area contributed by atoms with Gasteiger partial charge in [-0.05, 0) is 31.1 Å². The minimum Gasteiger partial charge on any atom is -0.462 e. The van der Waals surface area contributed by atoms with Crippen molar-refractivity contribution in [2.24, 2.45) is 11.8 Å². The smallest absolute Gasteiger partial charge is 0.335 e. The number of alkyl halides is 4. The van der Waals surface area contributed by atoms with Crippen LogP contribution in [0.15, 0.2) is 12.2 Å². The van der Waals surface area contributed by atoms with Gasteiger partial charge in [-0.25, -0.2) is 13.6 Å². The summed E-state index contributed by atoms with van der Waals surface area (Å²) in [6, 6.07) is 0. The highest BCUT2D eigenvalue weighted by molar-refractivity contribution is 5.87. The predicted molar refractivity (Wildman–Crippen MR) is 95.4 cm³/mol. The number of fused-ring (bicyclic) bond motifs is 2. The quantitative estimate of drug-likeness (QED) is 0.249. The largest absolute Gasteiger partial charge is 0.462 e. The molecule has 4 nitrogen and oxygen atoms in total. The Labute approximate surface area is 163 Å². The van der Waals surface area contributed by atoms with Gasteiger partial charge in [-0.1, -0.05) is 25.8 Å². The molecule has 2 rings (SSSR count). The van der Waals surface area contributed by atoms with Crippen molar-refractivity contribution in [3.8, 4) is 0 Å². The molecule has 2 saturated carbocycles. The van der Waals surface area contributed by atoms with Crippen LogP contribution in [0, 0.1) is 11.8 Å². The van der Waals surface area contributed by atoms with Crippen molar-refractivity contribution in [3.63, 3.8) is 0 Å². The number of carbonyl (C=O) groups excluding carboxylic acids is 1. The minimum atomic E-state index is -4.18. The molecule has 0 amide bonds. The Morgan fingerprint density at radius 2 is 1.79 bits per heavy atom. The van der Waals surface area contributed by atoms with Gasteiger partial charge in [0, 0.05) is 19.8 Å². The average Bonchev–Trinajstić information content (AvgIpc) is 2.56. The molecule has 0 aromatic heterocycles. The van der Waals surface area contributed by atoms with E-state index in [0.29, 0.717) is 18.3 Å². The van der Waals surface area contributed by atoms with Crippen LogP contribution < -0.4 is 0 Å². The lowest BCUT2D eigenvalue weighted by atomic mass is 9.65. The van der Waals surface area contributed by atoms with Crippen molar-refractivity contribution in [3.05, 3.63) is 12.2 Å². The second-order valence-electron chi connectivity index (χ2n) is 8.42. The molecule has 0 aromatic rings. The zero-order chi connectivity index (χ0) is 21.0. The number of aliphatic hydroxyl groups is 1. The molecule has 2 bridgehead atoms. The van der Waals surface area contributed by atoms with E-state index < -0.39 is 36.4 Å². The van der Waals surface area contributed by atoms with Gasteiger partial charge in [-0.2, -0.15) is 8.78 Å². The summed E-state index contributed by atoms with van der Waals surface area (Å²) in [5, 5.41) is 10.8. The second-order valence-corrected chi connectivity index (χ2v) is 8.42. The molecule has 2 aliphatic rings. The van der Waals surface area contributed by atoms with Gasteiger partial charge in [-0.15, -0.1) is 0 Å². The third-order valence-corrected chi connectivity index (χ3v) is 5.80. The lowest BCUT2D eigenvalue weighted by Crippen LogP contribution is -2.42. The van der Waals surface area contributed by atoms with Crippen LogP contribution in [0.5, 0.6) is 0 Å². The molecule has 1 N–H and O–H groups in total. The number of esters is 1. The summed E-state index contributed by atoms with van der Waals surface area (Å²) < 4.78 is 61.6. The van der Waals surface area contributed by atoms with Gasteiger partial charge in [0.05, 0.1) is 31.0 Å². The van der Waals surface area contributed by atoms with Gasteiger partial charge in [0.25, 0.3) is 0 Å². The first kappa shape index (κ1) is 23.1. The van der Waals surface area contributed by atoms with Gasteiger partial charge >= 0.3 is 17.8 Å². The van der Waals surface area contributed by atoms with Crippen molar-refractivity contribution in [2.45, 2.75) is 75.7 Å². The van der Waals surface area contributed by atoms with Crippen LogP contribution in [0.2, 0.25) is 0 Å². The highest BCUT2D eigenvalue weighted by atomic mass is 19.3. The molecule has 8 heteroatoms. The van der Waals surface area contributed by atoms with Crippen LogP contribution in [-0.4, -0.2) is 48.3 Å². The lowest BCUT2D eigenvalue weighted by Gasteiger charge is -2.44. The normalized spacial score (nSPS) is 28.1. The van der Waals surface area contributed by atoms with E-state index >= 15 is 0 Å². The fourth-order valence-electron chi connectivity index (χ4n) is 4.25. The standard InChI is InChI=1S/C20H30F4O4/c1-14(13-27-8-7-20(23,24)18(2,21)22)17(25)28-9-6-19(26)11-15-4-3-5-16(10-15)12-19/h15-16,26H,1,3-13H2,2H3. The monoisotopic (exact) mass is 410 g/mol. The van der Waals surface area contributed by atoms with E-state index in [4.69, 9.17) is 9.47 Å². The first-order valence-corrected chi connectivity index (χ1v) is 9.82. The Bertz CT molecular complexity index is 547. The van der Waals surface area contributed by atoms with E-state index in [9.17, 15) is 27.5 Å². The third-order valence-electron chi connectivity index (χ3n) is 5.80. The third kappa shape index (κ3) is 6.44. The van der Waals surface area contributed by atoms with Crippen molar-refractivity contribution < 1.29 is 36.9 Å². The molecule has 0 heterocycles. The number of carbonyl (C=O) groups is 1. The maximum Gasteiger partial charge on any atom is 0.335 e. The highest BCUT2D eigenvalue weighted by Gasteiger charge is 2.51. The van der Waals surface area contributed by atoms with E-state index in [1.165, 1.54) is 12.8 Å². The molecular formula is C20H30F4O4. The Morgan fingerprint density at radius 3 is 2.36 bits per heavy atom. The number of rotatable bonds is 10. The van der Waals surface area contributed by atoms with Gasteiger partial charge in [0.1, 0.15) is 0 Å². The van der Waals surface area contributed by atoms with Crippen LogP contribution in [-0.2, 0) is 14.3 Å². The van der Waals surface area contributed by atoms with E-state index in [2.05, 4.69) is 6.58 Å². The van der Waals surface area contributed by atoms with E-state index in [-0.39, 0.29) is 25.7 Å². The summed E-state index contributed by atoms with van der Waals surface area (Å²) in [5.74, 6) is -7.99. The molecule has 0 radical (unpaired) electrons. The first-order chi connectivity index (χ1) is 12.9. The zero-order valence-corrected chi connectivity index (χ0v) is 16.3. The fraction of sp³-hybridized carbons (Fsp3) is 0.850. The van der Waals surface area contributed by atoms with Crippen LogP contribution >= 0.6 is 0 Å². The number of hydrogen-bond donors (Lipinski definition) is 1. The Balaban J connectivity index is 1.64. The summed E-state index contributed by atoms with van der Waals surface area (Å²) in [4.78, 5) is 11.9. The van der Waals surface area contributed by atoms with Crippen LogP contribution in [0.4, 0.5) is 17.6 Å². The molecule has 0 aromatic carbocycles. The van der Waals surface area contributed by atoms with Crippen LogP contribution in [0.3, 0.4) is 0 Å². The van der Waals surface area contributed by atoms with Gasteiger partial charge in [0.2, 0.25) is 0 Å². The topological polar surface area (TPSA) is 55.8 Å². The van der Waals surface area contributed by atoms with Gasteiger partial charge < -0.3 is 14.6 Å². The van der Waals surface area contributed by atoms with Crippen molar-refractivity contribution in [1.82, 2.24) is 0 Å². The van der Waals surface area contributed by atoms with E-state index in [1.54, 1.807) is 0 Å². The lowest BCUT2D eigenvalue weighted by molar-refractivity contribution is -0.205. The number of ether oxygens (including phenoxy) is 2. The molecule has 2 atom stereocenters. The molecule has 2 unspecified atom stereocenters. The van der Waals surface area contributed by atoms with E-state index in [1.807, 2.05) is 0 Å². The molecule has 2 aliphatic carbocycles. The molecule has 0 spiro atoms. The molecule has 28 heavy (non-hydrogen) atoms. The fourth-order valence-corrected chi connectivity index (χ4v) is 4.25. The maximum absolute atomic E-state index is 13.1. The van der Waals surface area contributed by atoms with Crippen LogP contribution in [0.25, 0.3) is 0 Å². The SMILES string of the molecule is C=C(COCCC(F)(F)C(C)(F)F)C(=O)OCCC1(O)CC2CCCC(C2)C1. The molecule has 162 valence electrons. The summed E-state index contributed by atoms with van der Waals surface area (Å²) in [7, 11) is 0.